The number of hydrogen-bond acceptors (Lipinski definition) is 3. The highest BCUT2D eigenvalue weighted by Crippen LogP contribution is 1.85. The molecule has 0 heterocycles. The Bertz CT molecular complexity index is 119. The fraction of sp³-hybridized carbons (Fsp3) is 0. The molecule has 5 nitrogen and oxygen atoms in total. The molecule has 0 saturated carbocycles. The van der Waals surface area contributed by atoms with Crippen LogP contribution in [0.5, 0.6) is 0 Å². The Morgan fingerprint density at radius 3 is 1.67 bits per heavy atom. The highest BCUT2D eigenvalue weighted by atomic mass is 28.3. The maximum absolute atomic E-state index is 9.88. The molecule has 2 N–H and O–H groups in total. The van der Waals surface area contributed by atoms with E-state index in [1.807, 2.05) is 0 Å². The Kier molecular flexibility index (Phi) is 3.13. The van der Waals surface area contributed by atoms with E-state index in [0.717, 1.165) is 0 Å². The predicted octanol–water partition coefficient (Wildman–Crippen LogP) is -0.403. The third kappa shape index (κ3) is 2.39. The van der Waals surface area contributed by atoms with Gasteiger partial charge in [-0.05, 0) is 0 Å². The standard InChI is InChI=1S/C2H2O5Si2/c3-1(4)9(7-8)2(5)6/h(H,3,4)(H,5,6). The van der Waals surface area contributed by atoms with E-state index in [2.05, 4.69) is 14.6 Å². The molecular formula is C2H2O5Si2. The summed E-state index contributed by atoms with van der Waals surface area (Å²) >= 11 is 0. The fourth-order valence-corrected chi connectivity index (χ4v) is 1.06. The average Bonchev–Trinajstić information content (AvgIpc) is 1.64. The van der Waals surface area contributed by atoms with Crippen LogP contribution in [0, 0.1) is 0 Å². The van der Waals surface area contributed by atoms with E-state index < -0.39 is 20.2 Å². The van der Waals surface area contributed by atoms with Crippen molar-refractivity contribution in [2.75, 3.05) is 0 Å². The van der Waals surface area contributed by atoms with Gasteiger partial charge in [-0.1, -0.05) is 0 Å². The van der Waals surface area contributed by atoms with Gasteiger partial charge in [0, 0.05) is 0 Å². The molecule has 48 valence electrons. The maximum atomic E-state index is 9.88. The van der Waals surface area contributed by atoms with Crippen LogP contribution in [0.2, 0.25) is 0 Å². The molecule has 0 aliphatic carbocycles. The van der Waals surface area contributed by atoms with Gasteiger partial charge in [0.1, 0.15) is 0 Å². The lowest BCUT2D eigenvalue weighted by Crippen LogP contribution is -2.35. The van der Waals surface area contributed by atoms with Crippen molar-refractivity contribution in [3.63, 3.8) is 0 Å². The van der Waals surface area contributed by atoms with Crippen molar-refractivity contribution < 1.29 is 23.9 Å². The van der Waals surface area contributed by atoms with Crippen molar-refractivity contribution in [1.29, 1.82) is 0 Å². The van der Waals surface area contributed by atoms with Crippen LogP contribution in [0.25, 0.3) is 0 Å². The molecule has 0 aliphatic rings. The Balaban J connectivity index is 3.99. The van der Waals surface area contributed by atoms with Crippen LogP contribution >= 0.6 is 0 Å². The Hall–Kier alpha value is -0.666. The molecule has 0 fully saturated rings. The van der Waals surface area contributed by atoms with Crippen molar-refractivity contribution in [3.05, 3.63) is 0 Å². The summed E-state index contributed by atoms with van der Waals surface area (Å²) in [7, 11) is -0.425. The molecule has 0 bridgehead atoms. The molecule has 0 unspecified atom stereocenters. The minimum Gasteiger partial charge on any atom is -0.483 e. The predicted molar refractivity (Wildman–Crippen MR) is 28.6 cm³/mol. The summed E-state index contributed by atoms with van der Waals surface area (Å²) in [6.07, 6.45) is 0. The first kappa shape index (κ1) is 8.33. The Morgan fingerprint density at radius 1 is 1.33 bits per heavy atom. The number of rotatable bonds is 3. The SMILES string of the molecule is O=C(O)[Si](O[Si])C(=O)O. The summed E-state index contributed by atoms with van der Waals surface area (Å²) in [6, 6.07) is 0. The van der Waals surface area contributed by atoms with Crippen molar-refractivity contribution in [2.45, 2.75) is 0 Å². The topological polar surface area (TPSA) is 83.8 Å². The lowest BCUT2D eigenvalue weighted by Gasteiger charge is -1.97. The molecule has 0 atom stereocenters. The van der Waals surface area contributed by atoms with E-state index >= 15 is 0 Å². The van der Waals surface area contributed by atoms with Gasteiger partial charge in [0.2, 0.25) is 10.5 Å². The van der Waals surface area contributed by atoms with Crippen molar-refractivity contribution in [1.82, 2.24) is 0 Å². The van der Waals surface area contributed by atoms with E-state index in [0.29, 0.717) is 0 Å². The van der Waals surface area contributed by atoms with Crippen LogP contribution in [-0.4, -0.2) is 40.9 Å². The Morgan fingerprint density at radius 2 is 1.67 bits per heavy atom. The zero-order valence-corrected chi connectivity index (χ0v) is 6.12. The average molecular weight is 162 g/mol. The van der Waals surface area contributed by atoms with Gasteiger partial charge in [0.25, 0.3) is 0 Å². The second-order valence-corrected chi connectivity index (χ2v) is 3.37. The normalized spacial score (nSPS) is 9.56. The first-order valence-corrected chi connectivity index (χ1v) is 3.58. The van der Waals surface area contributed by atoms with E-state index in [1.165, 1.54) is 0 Å². The monoisotopic (exact) mass is 162 g/mol. The molecule has 4 radical (unpaired) electrons. The highest BCUT2D eigenvalue weighted by Gasteiger charge is 2.31. The number of carboxylic acid groups (broad SMARTS) is 2. The van der Waals surface area contributed by atoms with Gasteiger partial charge in [-0.3, -0.25) is 9.59 Å². The van der Waals surface area contributed by atoms with Gasteiger partial charge in [-0.15, -0.1) is 0 Å². The summed E-state index contributed by atoms with van der Waals surface area (Å²) in [6.45, 7) is 0. The van der Waals surface area contributed by atoms with Crippen LogP contribution in [0.3, 0.4) is 0 Å². The van der Waals surface area contributed by atoms with Crippen molar-refractivity contribution in [2.24, 2.45) is 0 Å². The van der Waals surface area contributed by atoms with Gasteiger partial charge < -0.3 is 14.3 Å². The zero-order valence-electron chi connectivity index (χ0n) is 4.12. The van der Waals surface area contributed by atoms with Crippen LogP contribution in [0.15, 0.2) is 0 Å². The second-order valence-electron chi connectivity index (χ2n) is 1.04. The summed E-state index contributed by atoms with van der Waals surface area (Å²) < 4.78 is 3.98. The maximum Gasteiger partial charge on any atom is 0.468 e. The summed E-state index contributed by atoms with van der Waals surface area (Å²) in [5.74, 6) is 0. The van der Waals surface area contributed by atoms with E-state index in [9.17, 15) is 9.59 Å². The van der Waals surface area contributed by atoms with Gasteiger partial charge in [0.05, 0.1) is 0 Å². The molecular weight excluding hydrogens is 160 g/mol. The Labute approximate surface area is 55.5 Å². The minimum atomic E-state index is -2.77. The smallest absolute Gasteiger partial charge is 0.468 e. The van der Waals surface area contributed by atoms with Crippen LogP contribution in [0.1, 0.15) is 0 Å². The van der Waals surface area contributed by atoms with Crippen molar-refractivity contribution in [3.8, 4) is 0 Å². The molecule has 7 heteroatoms. The molecule has 9 heavy (non-hydrogen) atoms. The summed E-state index contributed by atoms with van der Waals surface area (Å²) in [4.78, 5) is 19.8. The quantitative estimate of drug-likeness (QED) is 0.551. The molecule has 0 saturated heterocycles. The number of hydrogen-bond donors (Lipinski definition) is 2. The summed E-state index contributed by atoms with van der Waals surface area (Å²) in [5, 5.41) is 16.1. The molecule has 0 aromatic heterocycles. The van der Waals surface area contributed by atoms with E-state index in [1.54, 1.807) is 0 Å². The van der Waals surface area contributed by atoms with Crippen molar-refractivity contribution >= 4 is 30.7 Å². The molecule has 0 aromatic rings. The van der Waals surface area contributed by atoms with Gasteiger partial charge in [-0.25, -0.2) is 0 Å². The third-order valence-electron chi connectivity index (χ3n) is 0.491. The lowest BCUT2D eigenvalue weighted by atomic mass is 11.6. The molecule has 0 aliphatic heterocycles. The second kappa shape index (κ2) is 3.38. The molecule has 0 amide bonds. The van der Waals surface area contributed by atoms with E-state index in [4.69, 9.17) is 10.2 Å². The number of carbonyl (C=O) groups is 2. The third-order valence-corrected chi connectivity index (χ3v) is 2.08. The van der Waals surface area contributed by atoms with Crippen LogP contribution < -0.4 is 0 Å². The lowest BCUT2D eigenvalue weighted by molar-refractivity contribution is 0.206. The first-order chi connectivity index (χ1) is 4.09. The largest absolute Gasteiger partial charge is 0.483 e. The van der Waals surface area contributed by atoms with Gasteiger partial charge in [-0.2, -0.15) is 0 Å². The molecule has 0 rings (SSSR count). The first-order valence-electron chi connectivity index (χ1n) is 1.76. The highest BCUT2D eigenvalue weighted by molar-refractivity contribution is 7.05. The zero-order chi connectivity index (χ0) is 7.44. The van der Waals surface area contributed by atoms with Crippen LogP contribution in [-0.2, 0) is 4.12 Å². The summed E-state index contributed by atoms with van der Waals surface area (Å²) in [5.41, 5.74) is -2.88. The van der Waals surface area contributed by atoms with E-state index in [-0.39, 0.29) is 0 Å². The minimum absolute atomic E-state index is 1.44. The van der Waals surface area contributed by atoms with Crippen LogP contribution in [0.4, 0.5) is 9.59 Å². The van der Waals surface area contributed by atoms with Gasteiger partial charge in [0.15, 0.2) is 0 Å². The molecule has 0 spiro atoms. The van der Waals surface area contributed by atoms with Gasteiger partial charge >= 0.3 is 20.2 Å². The molecule has 0 aromatic carbocycles. The fourth-order valence-electron chi connectivity index (χ4n) is 0.179.